The molecule has 1 atom stereocenters. The Kier molecular flexibility index (Phi) is 13.7. The Morgan fingerprint density at radius 1 is 1.02 bits per heavy atom. The number of fused-ring (bicyclic) bond motifs is 1. The molecule has 14 heteroatoms. The molecule has 5 rings (SSSR count). The van der Waals surface area contributed by atoms with Crippen molar-refractivity contribution in [1.82, 2.24) is 14.7 Å². The molecule has 2 N–H and O–H groups in total. The molecule has 0 aliphatic carbocycles. The van der Waals surface area contributed by atoms with Gasteiger partial charge in [-0.2, -0.15) is 4.99 Å². The van der Waals surface area contributed by atoms with E-state index in [2.05, 4.69) is 37.8 Å². The van der Waals surface area contributed by atoms with Gasteiger partial charge in [0.2, 0.25) is 5.91 Å². The van der Waals surface area contributed by atoms with Crippen LogP contribution in [0.15, 0.2) is 63.7 Å². The minimum atomic E-state index is -1.25. The number of ether oxygens (including phenoxy) is 2. The number of aromatic hydroxyl groups is 1. The quantitative estimate of drug-likeness (QED) is 0.188. The summed E-state index contributed by atoms with van der Waals surface area (Å²) >= 11 is 3.29. The number of hydrogen-bond donors (Lipinski definition) is 2. The molecule has 3 heterocycles. The zero-order valence-corrected chi connectivity index (χ0v) is 30.8. The fourth-order valence-electron chi connectivity index (χ4n) is 6.60. The molecule has 0 spiro atoms. The van der Waals surface area contributed by atoms with Crippen LogP contribution in [0.1, 0.15) is 56.6 Å². The van der Waals surface area contributed by atoms with E-state index in [-0.39, 0.29) is 61.5 Å². The van der Waals surface area contributed by atoms with Crippen LogP contribution in [0, 0.1) is 5.92 Å². The molecule has 0 bridgehead atoms. The van der Waals surface area contributed by atoms with Gasteiger partial charge >= 0.3 is 18.1 Å². The largest absolute Gasteiger partial charge is 0.507 e. The van der Waals surface area contributed by atoms with E-state index in [9.17, 15) is 29.1 Å². The molecule has 2 aromatic rings. The van der Waals surface area contributed by atoms with Crippen LogP contribution in [0.2, 0.25) is 0 Å². The van der Waals surface area contributed by atoms with E-state index in [0.717, 1.165) is 17.7 Å². The van der Waals surface area contributed by atoms with E-state index < -0.39 is 18.1 Å². The van der Waals surface area contributed by atoms with Crippen molar-refractivity contribution in [2.24, 2.45) is 10.9 Å². The van der Waals surface area contributed by atoms with E-state index in [1.165, 1.54) is 6.07 Å². The average molecular weight is 779 g/mol. The number of likely N-dealkylation sites (tertiary alicyclic amines) is 2. The summed E-state index contributed by atoms with van der Waals surface area (Å²) in [5.41, 5.74) is 5.37. The summed E-state index contributed by atoms with van der Waals surface area (Å²) in [4.78, 5) is 72.7. The van der Waals surface area contributed by atoms with Crippen molar-refractivity contribution in [3.63, 3.8) is 0 Å². The lowest BCUT2D eigenvalue weighted by atomic mass is 9.96. The van der Waals surface area contributed by atoms with Crippen molar-refractivity contribution in [2.45, 2.75) is 70.4 Å². The maximum absolute atomic E-state index is 13.4. The molecule has 2 fully saturated rings. The number of hydrogen-bond acceptors (Lipinski definition) is 8. The van der Waals surface area contributed by atoms with Crippen molar-refractivity contribution in [2.75, 3.05) is 44.6 Å². The first kappa shape index (κ1) is 38.3. The fraction of sp³-hybridized carbons (Fsp3) is 0.474. The van der Waals surface area contributed by atoms with Crippen LogP contribution in [0.25, 0.3) is 0 Å². The lowest BCUT2D eigenvalue weighted by molar-refractivity contribution is -0.146. The number of urea groups is 1. The summed E-state index contributed by atoms with van der Waals surface area (Å²) in [7, 11) is 0. The average Bonchev–Trinajstić information content (AvgIpc) is 3.32. The van der Waals surface area contributed by atoms with Crippen molar-refractivity contribution in [3.8, 4) is 5.75 Å². The van der Waals surface area contributed by atoms with E-state index in [4.69, 9.17) is 9.47 Å². The van der Waals surface area contributed by atoms with Crippen LogP contribution in [0.3, 0.4) is 0 Å². The summed E-state index contributed by atoms with van der Waals surface area (Å²) < 4.78 is 11.1. The molecule has 2 aromatic carbocycles. The lowest BCUT2D eigenvalue weighted by Crippen LogP contribution is -2.50. The van der Waals surface area contributed by atoms with Crippen molar-refractivity contribution < 1.29 is 38.6 Å². The Bertz CT molecular complexity index is 1740. The Hall–Kier alpha value is -4.90. The maximum atomic E-state index is 13.4. The summed E-state index contributed by atoms with van der Waals surface area (Å²) in [5, 5.41) is 12.9. The molecular weight excluding hydrogens is 734 g/mol. The second kappa shape index (κ2) is 18.5. The SMILES string of the molecule is CCOC(=O)CCC(=O)N1CCC(C=C=C=NC(=O)[C@@H](Cc2ccc(O)c(Br)c2)OC(=O)N2CCC(N3CCc4ccccc4NC3=O)CC2)CC1. The number of benzene rings is 2. The Balaban J connectivity index is 1.16. The van der Waals surface area contributed by atoms with Gasteiger partial charge in [-0.1, -0.05) is 30.0 Å². The Morgan fingerprint density at radius 3 is 2.48 bits per heavy atom. The predicted molar refractivity (Wildman–Crippen MR) is 196 cm³/mol. The Morgan fingerprint density at radius 2 is 1.75 bits per heavy atom. The first-order valence-corrected chi connectivity index (χ1v) is 18.5. The van der Waals surface area contributed by atoms with Gasteiger partial charge in [-0.15, -0.1) is 0 Å². The molecule has 3 aliphatic heterocycles. The van der Waals surface area contributed by atoms with Gasteiger partial charge in [0.25, 0.3) is 5.91 Å². The van der Waals surface area contributed by atoms with Crippen LogP contribution in [0.5, 0.6) is 5.75 Å². The van der Waals surface area contributed by atoms with Crippen LogP contribution in [0.4, 0.5) is 15.3 Å². The molecular formula is C38H44BrN5O8. The highest BCUT2D eigenvalue weighted by atomic mass is 79.9. The molecule has 5 amide bonds. The van der Waals surface area contributed by atoms with Crippen molar-refractivity contribution in [1.29, 1.82) is 0 Å². The number of allylic oxidation sites excluding steroid dienone is 1. The van der Waals surface area contributed by atoms with Gasteiger partial charge in [-0.3, -0.25) is 14.4 Å². The molecule has 52 heavy (non-hydrogen) atoms. The third kappa shape index (κ3) is 10.6. The lowest BCUT2D eigenvalue weighted by Gasteiger charge is -2.37. The number of phenolic OH excluding ortho intramolecular Hbond substituents is 1. The van der Waals surface area contributed by atoms with Crippen molar-refractivity contribution >= 4 is 57.4 Å². The molecule has 3 aliphatic rings. The third-order valence-electron chi connectivity index (χ3n) is 9.55. The minimum Gasteiger partial charge on any atom is -0.507 e. The van der Waals surface area contributed by atoms with Gasteiger partial charge in [-0.05, 0) is 96.3 Å². The number of phenols is 1. The number of rotatable bonds is 10. The number of para-hydroxylation sites is 1. The number of halogens is 1. The van der Waals surface area contributed by atoms with Crippen LogP contribution in [-0.4, -0.2) is 107 Å². The number of anilines is 1. The van der Waals surface area contributed by atoms with Gasteiger partial charge < -0.3 is 34.6 Å². The number of amides is 5. The van der Waals surface area contributed by atoms with Crippen LogP contribution >= 0.6 is 15.9 Å². The molecule has 276 valence electrons. The zero-order valence-electron chi connectivity index (χ0n) is 29.2. The molecule has 0 radical (unpaired) electrons. The highest BCUT2D eigenvalue weighted by Gasteiger charge is 2.33. The van der Waals surface area contributed by atoms with Gasteiger partial charge in [0, 0.05) is 63.2 Å². The number of piperidine rings is 2. The fourth-order valence-corrected chi connectivity index (χ4v) is 7.02. The van der Waals surface area contributed by atoms with Crippen LogP contribution in [-0.2, 0) is 36.7 Å². The third-order valence-corrected chi connectivity index (χ3v) is 10.2. The van der Waals surface area contributed by atoms with E-state index >= 15 is 0 Å². The first-order chi connectivity index (χ1) is 25.1. The standard InChI is InChI=1S/C38H44BrN5O8/c1-2-51-35(47)12-11-34(46)42-19-13-26(14-20-42)6-5-18-40-36(48)33(25-27-9-10-32(45)30(39)24-27)52-38(50)43-21-16-29(17-22-43)44-23-15-28-7-3-4-8-31(28)41-37(44)49/h3-4,6-10,24,26,29,33,45H,2,11-17,19-23,25H2,1H3,(H,41,49)/t33-/m1/s1. The minimum absolute atomic E-state index is 0.0198. The van der Waals surface area contributed by atoms with E-state index in [1.54, 1.807) is 34.9 Å². The normalized spacial score (nSPS) is 17.0. The zero-order chi connectivity index (χ0) is 37.0. The van der Waals surface area contributed by atoms with Crippen molar-refractivity contribution in [3.05, 3.63) is 69.9 Å². The predicted octanol–water partition coefficient (Wildman–Crippen LogP) is 5.25. The second-order valence-corrected chi connectivity index (χ2v) is 13.9. The number of aliphatic imine (C=N–C) groups is 1. The van der Waals surface area contributed by atoms with Gasteiger partial charge in [-0.25, -0.2) is 9.59 Å². The molecule has 13 nitrogen and oxygen atoms in total. The topological polar surface area (TPSA) is 158 Å². The summed E-state index contributed by atoms with van der Waals surface area (Å²) in [6.45, 7) is 4.38. The summed E-state index contributed by atoms with van der Waals surface area (Å²) in [5.74, 6) is 1.51. The molecule has 2 saturated heterocycles. The van der Waals surface area contributed by atoms with Gasteiger partial charge in [0.05, 0.1) is 17.5 Å². The summed E-state index contributed by atoms with van der Waals surface area (Å²) in [6, 6.07) is 12.3. The highest BCUT2D eigenvalue weighted by molar-refractivity contribution is 9.10. The number of nitrogens with zero attached hydrogens (tertiary/aromatic N) is 4. The molecule has 0 saturated carbocycles. The van der Waals surface area contributed by atoms with E-state index in [1.807, 2.05) is 29.2 Å². The molecule has 0 aromatic heterocycles. The first-order valence-electron chi connectivity index (χ1n) is 17.7. The Labute approximate surface area is 311 Å². The summed E-state index contributed by atoms with van der Waals surface area (Å²) in [6.07, 6.45) is 3.30. The van der Waals surface area contributed by atoms with Crippen LogP contribution < -0.4 is 5.32 Å². The smallest absolute Gasteiger partial charge is 0.410 e. The second-order valence-electron chi connectivity index (χ2n) is 13.0. The number of carbonyl (C=O) groups excluding carboxylic acids is 5. The van der Waals surface area contributed by atoms with E-state index in [0.29, 0.717) is 68.4 Å². The number of carbonyl (C=O) groups is 5. The number of esters is 1. The van der Waals surface area contributed by atoms with Gasteiger partial charge in [0.1, 0.15) is 5.75 Å². The molecule has 0 unspecified atom stereocenters. The monoisotopic (exact) mass is 777 g/mol. The maximum Gasteiger partial charge on any atom is 0.410 e. The number of nitrogens with one attached hydrogen (secondary N) is 1. The van der Waals surface area contributed by atoms with Gasteiger partial charge in [0.15, 0.2) is 6.10 Å². The highest BCUT2D eigenvalue weighted by Crippen LogP contribution is 2.27.